The summed E-state index contributed by atoms with van der Waals surface area (Å²) in [6, 6.07) is 17.7. The molecular weight excluding hydrogens is 465 g/mol. The molecule has 0 spiro atoms. The average Bonchev–Trinajstić information content (AvgIpc) is 2.78. The second-order valence-corrected chi connectivity index (χ2v) is 7.91. The number of ether oxygens (including phenoxy) is 2. The number of rotatable bonds is 6. The maximum Gasteiger partial charge on any atom is 0.433 e. The summed E-state index contributed by atoms with van der Waals surface area (Å²) in [5, 5.41) is 0.624. The number of aromatic nitrogens is 4. The minimum absolute atomic E-state index is 0.0355. The van der Waals surface area contributed by atoms with Crippen LogP contribution in [0.3, 0.4) is 0 Å². The van der Waals surface area contributed by atoms with Crippen LogP contribution in [0.15, 0.2) is 59.8 Å². The number of nitrogens with zero attached hydrogens (tertiary/aromatic N) is 4. The van der Waals surface area contributed by atoms with E-state index >= 15 is 0 Å². The minimum atomic E-state index is -4.59. The number of hydrogen-bond donors (Lipinski definition) is 0. The molecule has 0 aliphatic rings. The van der Waals surface area contributed by atoms with E-state index in [4.69, 9.17) is 9.47 Å². The Hall–Kier alpha value is -3.66. The van der Waals surface area contributed by atoms with E-state index in [1.54, 1.807) is 36.4 Å². The highest BCUT2D eigenvalue weighted by atomic mass is 32.2. The second kappa shape index (κ2) is 9.68. The summed E-state index contributed by atoms with van der Waals surface area (Å²) < 4.78 is 50.5. The molecule has 0 aliphatic heterocycles. The van der Waals surface area contributed by atoms with Crippen LogP contribution in [0.25, 0.3) is 11.1 Å². The molecule has 0 N–H and O–H groups in total. The van der Waals surface area contributed by atoms with E-state index in [1.165, 1.54) is 18.7 Å². The third-order valence-corrected chi connectivity index (χ3v) is 5.03. The first-order valence-electron chi connectivity index (χ1n) is 10.00. The van der Waals surface area contributed by atoms with Crippen molar-refractivity contribution >= 4 is 11.8 Å². The molecule has 0 aliphatic carbocycles. The fourth-order valence-electron chi connectivity index (χ4n) is 3.01. The molecule has 0 unspecified atom stereocenters. The van der Waals surface area contributed by atoms with E-state index in [-0.39, 0.29) is 11.7 Å². The van der Waals surface area contributed by atoms with Crippen molar-refractivity contribution in [3.05, 3.63) is 77.9 Å². The zero-order chi connectivity index (χ0) is 24.3. The number of thioether (sulfide) groups is 1. The molecule has 2 aromatic heterocycles. The maximum atomic E-state index is 13.0. The lowest BCUT2D eigenvalue weighted by molar-refractivity contribution is -0.141. The van der Waals surface area contributed by atoms with Crippen molar-refractivity contribution in [3.63, 3.8) is 0 Å². The van der Waals surface area contributed by atoms with E-state index in [1.807, 2.05) is 25.3 Å². The summed E-state index contributed by atoms with van der Waals surface area (Å²) in [4.78, 5) is 16.0. The molecule has 1 radical (unpaired) electrons. The molecule has 10 heteroatoms. The van der Waals surface area contributed by atoms with Crippen LogP contribution in [0.5, 0.6) is 23.3 Å². The average molecular weight is 483 g/mol. The van der Waals surface area contributed by atoms with Gasteiger partial charge in [0.15, 0.2) is 10.9 Å². The highest BCUT2D eigenvalue weighted by Crippen LogP contribution is 2.32. The lowest BCUT2D eigenvalue weighted by atomic mass is 10.1. The summed E-state index contributed by atoms with van der Waals surface area (Å²) in [6.45, 7) is 3.25. The minimum Gasteiger partial charge on any atom is -0.439 e. The van der Waals surface area contributed by atoms with Crippen LogP contribution < -0.4 is 9.47 Å². The van der Waals surface area contributed by atoms with Crippen LogP contribution in [0.2, 0.25) is 0 Å². The molecule has 6 nitrogen and oxygen atoms in total. The number of alkyl halides is 3. The maximum absolute atomic E-state index is 13.0. The predicted molar refractivity (Wildman–Crippen MR) is 121 cm³/mol. The van der Waals surface area contributed by atoms with Gasteiger partial charge < -0.3 is 9.47 Å². The van der Waals surface area contributed by atoms with Gasteiger partial charge in [0.25, 0.3) is 0 Å². The van der Waals surface area contributed by atoms with E-state index in [2.05, 4.69) is 26.0 Å². The largest absolute Gasteiger partial charge is 0.439 e. The van der Waals surface area contributed by atoms with Crippen LogP contribution in [-0.2, 0) is 6.18 Å². The molecule has 0 saturated heterocycles. The molecule has 2 heterocycles. The molecule has 0 saturated carbocycles. The Bertz CT molecular complexity index is 1310. The number of hydrogen-bond acceptors (Lipinski definition) is 7. The van der Waals surface area contributed by atoms with Crippen LogP contribution in [0.1, 0.15) is 17.2 Å². The monoisotopic (exact) mass is 483 g/mol. The lowest BCUT2D eigenvalue weighted by Gasteiger charge is -2.11. The zero-order valence-electron chi connectivity index (χ0n) is 18.3. The molecule has 0 atom stereocenters. The van der Waals surface area contributed by atoms with Gasteiger partial charge in [-0.2, -0.15) is 23.1 Å². The molecule has 0 bridgehead atoms. The molecule has 34 heavy (non-hydrogen) atoms. The quantitative estimate of drug-likeness (QED) is 0.224. The zero-order valence-corrected chi connectivity index (χ0v) is 19.2. The Labute approximate surface area is 198 Å². The summed E-state index contributed by atoms with van der Waals surface area (Å²) in [6.07, 6.45) is -2.70. The Morgan fingerprint density at radius 2 is 1.53 bits per heavy atom. The fraction of sp³-hybridized carbons (Fsp3) is 0.167. The first kappa shape index (κ1) is 23.5. The fourth-order valence-corrected chi connectivity index (χ4v) is 3.43. The highest BCUT2D eigenvalue weighted by Gasteiger charge is 2.33. The van der Waals surface area contributed by atoms with Gasteiger partial charge in [0.05, 0.1) is 0 Å². The van der Waals surface area contributed by atoms with Crippen molar-refractivity contribution < 1.29 is 22.6 Å². The normalized spacial score (nSPS) is 11.4. The Morgan fingerprint density at radius 1 is 0.824 bits per heavy atom. The number of halogens is 3. The van der Waals surface area contributed by atoms with Gasteiger partial charge in [-0.15, -0.1) is 0 Å². The van der Waals surface area contributed by atoms with Crippen molar-refractivity contribution in [1.82, 2.24) is 19.9 Å². The van der Waals surface area contributed by atoms with E-state index in [0.29, 0.717) is 28.1 Å². The van der Waals surface area contributed by atoms with Crippen LogP contribution in [-0.4, -0.2) is 26.2 Å². The van der Waals surface area contributed by atoms with Crippen molar-refractivity contribution in [2.24, 2.45) is 0 Å². The van der Waals surface area contributed by atoms with E-state index in [0.717, 1.165) is 17.3 Å². The third kappa shape index (κ3) is 5.82. The second-order valence-electron chi connectivity index (χ2n) is 7.14. The van der Waals surface area contributed by atoms with Crippen LogP contribution in [0, 0.1) is 19.9 Å². The van der Waals surface area contributed by atoms with Crippen LogP contribution >= 0.6 is 11.8 Å². The van der Waals surface area contributed by atoms with Crippen molar-refractivity contribution in [1.29, 1.82) is 0 Å². The van der Waals surface area contributed by atoms with Crippen LogP contribution in [0.4, 0.5) is 13.2 Å². The smallest absolute Gasteiger partial charge is 0.433 e. The lowest BCUT2D eigenvalue weighted by Crippen LogP contribution is -2.10. The summed E-state index contributed by atoms with van der Waals surface area (Å²) in [7, 11) is 0. The third-order valence-electron chi connectivity index (χ3n) is 4.48. The summed E-state index contributed by atoms with van der Waals surface area (Å²) >= 11 is 1.43. The van der Waals surface area contributed by atoms with Gasteiger partial charge in [-0.3, -0.25) is 0 Å². The summed E-state index contributed by atoms with van der Waals surface area (Å²) in [5.41, 5.74) is 1.25. The van der Waals surface area contributed by atoms with Gasteiger partial charge in [0, 0.05) is 17.8 Å². The number of aryl methyl sites for hydroxylation is 2. The van der Waals surface area contributed by atoms with E-state index < -0.39 is 11.9 Å². The molecule has 0 amide bonds. The van der Waals surface area contributed by atoms with Gasteiger partial charge in [-0.25, -0.2) is 9.97 Å². The molecule has 4 rings (SSSR count). The molecule has 4 aromatic rings. The first-order chi connectivity index (χ1) is 16.2. The summed E-state index contributed by atoms with van der Waals surface area (Å²) in [5.74, 6) is 1.14. The Kier molecular flexibility index (Phi) is 6.69. The first-order valence-corrected chi connectivity index (χ1v) is 11.2. The molecule has 2 aromatic carbocycles. The predicted octanol–water partition coefficient (Wildman–Crippen LogP) is 6.68. The Balaban J connectivity index is 1.52. The van der Waals surface area contributed by atoms with Gasteiger partial charge in [-0.05, 0) is 61.6 Å². The van der Waals surface area contributed by atoms with Crippen molar-refractivity contribution in [3.8, 4) is 34.4 Å². The van der Waals surface area contributed by atoms with Gasteiger partial charge >= 0.3 is 6.18 Å². The SMILES string of the molecule is CSc1nc(C)cc(Oc2ccc(-c3[c]ccc(Oc4cc(C(F)(F)F)nc(C)n4)c3)cc2)n1. The van der Waals surface area contributed by atoms with Crippen molar-refractivity contribution in [2.45, 2.75) is 25.2 Å². The molecular formula is C24H18F3N4O2S. The Morgan fingerprint density at radius 3 is 2.24 bits per heavy atom. The van der Waals surface area contributed by atoms with Gasteiger partial charge in [0.1, 0.15) is 17.3 Å². The standard InChI is InChI=1S/C24H18F3N4O2S/c1-14-11-21(31-23(28-14)34-3)32-18-9-7-16(8-10-18)17-5-4-6-19(12-17)33-22-13-20(24(25,26)27)29-15(2)30-22/h4,6-13H,1-3H3. The van der Waals surface area contributed by atoms with E-state index in [9.17, 15) is 13.2 Å². The molecule has 173 valence electrons. The van der Waals surface area contributed by atoms with Gasteiger partial charge in [0.2, 0.25) is 11.8 Å². The van der Waals surface area contributed by atoms with Crippen molar-refractivity contribution in [2.75, 3.05) is 6.26 Å². The molecule has 0 fully saturated rings. The number of benzene rings is 2. The van der Waals surface area contributed by atoms with Gasteiger partial charge in [-0.1, -0.05) is 30.0 Å². The highest BCUT2D eigenvalue weighted by molar-refractivity contribution is 7.98. The topological polar surface area (TPSA) is 70.0 Å².